The summed E-state index contributed by atoms with van der Waals surface area (Å²) in [6.07, 6.45) is 0.553. The van der Waals surface area contributed by atoms with Crippen LogP contribution in [-0.4, -0.2) is 15.0 Å². The molecule has 0 bridgehead atoms. The molecule has 0 saturated carbocycles. The summed E-state index contributed by atoms with van der Waals surface area (Å²) in [6, 6.07) is 11.9. The lowest BCUT2D eigenvalue weighted by Crippen LogP contribution is -2.26. The molecule has 0 saturated heterocycles. The molecule has 0 aliphatic carbocycles. The first kappa shape index (κ1) is 15.0. The van der Waals surface area contributed by atoms with Gasteiger partial charge in [0.15, 0.2) is 0 Å². The normalized spacial score (nSPS) is 11.5. The number of sulfonamides is 1. The maximum absolute atomic E-state index is 12.8. The van der Waals surface area contributed by atoms with Gasteiger partial charge in [0, 0.05) is 11.6 Å². The summed E-state index contributed by atoms with van der Waals surface area (Å²) in [5.74, 6) is -0.467. The van der Waals surface area contributed by atoms with Crippen molar-refractivity contribution >= 4 is 21.6 Å². The summed E-state index contributed by atoms with van der Waals surface area (Å²) in [7, 11) is -3.60. The van der Waals surface area contributed by atoms with Crippen molar-refractivity contribution in [1.82, 2.24) is 4.72 Å². The van der Waals surface area contributed by atoms with E-state index in [1.807, 2.05) is 12.1 Å². The van der Waals surface area contributed by atoms with Crippen LogP contribution in [0.25, 0.3) is 0 Å². The number of hydrogen-bond donors (Lipinski definition) is 1. The second kappa shape index (κ2) is 6.35. The van der Waals surface area contributed by atoms with E-state index in [0.717, 1.165) is 17.7 Å². The number of rotatable bonds is 5. The molecule has 0 amide bonds. The minimum Gasteiger partial charge on any atom is -0.211 e. The lowest BCUT2D eigenvalue weighted by molar-refractivity contribution is 0.580. The highest BCUT2D eigenvalue weighted by atomic mass is 35.5. The fourth-order valence-corrected chi connectivity index (χ4v) is 2.84. The van der Waals surface area contributed by atoms with Crippen molar-refractivity contribution < 1.29 is 12.8 Å². The molecule has 0 aliphatic rings. The van der Waals surface area contributed by atoms with Crippen molar-refractivity contribution in [3.8, 4) is 0 Å². The molecule has 0 atom stereocenters. The topological polar surface area (TPSA) is 46.2 Å². The van der Waals surface area contributed by atoms with Crippen molar-refractivity contribution in [1.29, 1.82) is 0 Å². The minimum atomic E-state index is -3.60. The van der Waals surface area contributed by atoms with Gasteiger partial charge in [-0.15, -0.1) is 0 Å². The van der Waals surface area contributed by atoms with Crippen LogP contribution < -0.4 is 4.72 Å². The zero-order valence-electron chi connectivity index (χ0n) is 10.5. The fraction of sp³-hybridized carbons (Fsp3) is 0.143. The minimum absolute atomic E-state index is 0.0509. The monoisotopic (exact) mass is 313 g/mol. The number of nitrogens with one attached hydrogen (secondary N) is 1. The molecule has 20 heavy (non-hydrogen) atoms. The molecule has 0 fully saturated rings. The van der Waals surface area contributed by atoms with Gasteiger partial charge in [0.05, 0.1) is 4.90 Å². The molecule has 1 N–H and O–H groups in total. The molecule has 0 radical (unpaired) electrons. The van der Waals surface area contributed by atoms with Gasteiger partial charge in [-0.1, -0.05) is 23.7 Å². The van der Waals surface area contributed by atoms with E-state index < -0.39 is 15.8 Å². The van der Waals surface area contributed by atoms with Gasteiger partial charge < -0.3 is 0 Å². The molecular weight excluding hydrogens is 301 g/mol. The van der Waals surface area contributed by atoms with Crippen molar-refractivity contribution in [3.05, 3.63) is 64.9 Å². The van der Waals surface area contributed by atoms with Crippen LogP contribution >= 0.6 is 11.6 Å². The highest BCUT2D eigenvalue weighted by molar-refractivity contribution is 7.89. The number of halogens is 2. The molecule has 106 valence electrons. The van der Waals surface area contributed by atoms with E-state index in [1.54, 1.807) is 12.1 Å². The number of hydrogen-bond acceptors (Lipinski definition) is 2. The van der Waals surface area contributed by atoms with Gasteiger partial charge in [-0.3, -0.25) is 0 Å². The molecule has 2 aromatic rings. The molecule has 0 unspecified atom stereocenters. The van der Waals surface area contributed by atoms with Crippen molar-refractivity contribution in [2.24, 2.45) is 0 Å². The smallest absolute Gasteiger partial charge is 0.211 e. The van der Waals surface area contributed by atoms with E-state index in [-0.39, 0.29) is 11.4 Å². The molecule has 6 heteroatoms. The molecular formula is C14H13ClFNO2S. The summed E-state index contributed by atoms with van der Waals surface area (Å²) in [5, 5.41) is 0.639. The Morgan fingerprint density at radius 1 is 1.00 bits per heavy atom. The van der Waals surface area contributed by atoms with Crippen LogP contribution in [0.15, 0.2) is 53.4 Å². The fourth-order valence-electron chi connectivity index (χ4n) is 1.68. The van der Waals surface area contributed by atoms with E-state index in [0.29, 0.717) is 11.4 Å². The average molecular weight is 314 g/mol. The Morgan fingerprint density at radius 2 is 1.60 bits per heavy atom. The van der Waals surface area contributed by atoms with Crippen molar-refractivity contribution in [2.75, 3.05) is 6.54 Å². The van der Waals surface area contributed by atoms with E-state index in [9.17, 15) is 12.8 Å². The predicted molar refractivity (Wildman–Crippen MR) is 76.7 cm³/mol. The Labute approximate surface area is 122 Å². The maximum Gasteiger partial charge on any atom is 0.240 e. The maximum atomic E-state index is 12.8. The Bertz CT molecular complexity index is 669. The van der Waals surface area contributed by atoms with E-state index in [4.69, 9.17) is 11.6 Å². The van der Waals surface area contributed by atoms with Gasteiger partial charge in [-0.25, -0.2) is 17.5 Å². The first-order chi connectivity index (χ1) is 9.47. The van der Waals surface area contributed by atoms with Gasteiger partial charge >= 0.3 is 0 Å². The highest BCUT2D eigenvalue weighted by Crippen LogP contribution is 2.11. The van der Waals surface area contributed by atoms with Crippen LogP contribution in [0.3, 0.4) is 0 Å². The Hall–Kier alpha value is -1.43. The largest absolute Gasteiger partial charge is 0.240 e. The summed E-state index contributed by atoms with van der Waals surface area (Å²) in [5.41, 5.74) is 0.983. The second-order valence-electron chi connectivity index (χ2n) is 4.23. The van der Waals surface area contributed by atoms with Crippen molar-refractivity contribution in [3.63, 3.8) is 0 Å². The predicted octanol–water partition coefficient (Wildman–Crippen LogP) is 3.00. The zero-order valence-corrected chi connectivity index (χ0v) is 12.1. The lowest BCUT2D eigenvalue weighted by Gasteiger charge is -2.07. The van der Waals surface area contributed by atoms with Crippen LogP contribution in [-0.2, 0) is 16.4 Å². The summed E-state index contributed by atoms with van der Waals surface area (Å²) in [6.45, 7) is 0.265. The van der Waals surface area contributed by atoms with Gasteiger partial charge in [0.1, 0.15) is 5.82 Å². The first-order valence-corrected chi connectivity index (χ1v) is 7.83. The van der Waals surface area contributed by atoms with Crippen LogP contribution in [0.1, 0.15) is 5.56 Å². The molecule has 0 heterocycles. The molecule has 0 aliphatic heterocycles. The molecule has 3 nitrogen and oxygen atoms in total. The van der Waals surface area contributed by atoms with Gasteiger partial charge in [0.2, 0.25) is 10.0 Å². The molecule has 2 aromatic carbocycles. The Balaban J connectivity index is 1.96. The third-order valence-electron chi connectivity index (χ3n) is 2.74. The zero-order chi connectivity index (χ0) is 14.6. The van der Waals surface area contributed by atoms with E-state index in [1.165, 1.54) is 12.1 Å². The summed E-state index contributed by atoms with van der Waals surface area (Å²) < 4.78 is 39.1. The van der Waals surface area contributed by atoms with E-state index in [2.05, 4.69) is 4.72 Å². The van der Waals surface area contributed by atoms with Gasteiger partial charge in [0.25, 0.3) is 0 Å². The van der Waals surface area contributed by atoms with Crippen LogP contribution in [0, 0.1) is 5.82 Å². The van der Waals surface area contributed by atoms with Crippen LogP contribution in [0.5, 0.6) is 0 Å². The SMILES string of the molecule is O=S(=O)(NCCc1ccc(Cl)cc1)c1ccc(F)cc1. The average Bonchev–Trinajstić information content (AvgIpc) is 2.41. The van der Waals surface area contributed by atoms with Crippen LogP contribution in [0.4, 0.5) is 4.39 Å². The molecule has 0 aromatic heterocycles. The lowest BCUT2D eigenvalue weighted by atomic mass is 10.2. The third kappa shape index (κ3) is 4.03. The van der Waals surface area contributed by atoms with E-state index >= 15 is 0 Å². The highest BCUT2D eigenvalue weighted by Gasteiger charge is 2.12. The first-order valence-electron chi connectivity index (χ1n) is 5.97. The summed E-state index contributed by atoms with van der Waals surface area (Å²) >= 11 is 5.77. The molecule has 0 spiro atoms. The van der Waals surface area contributed by atoms with Gasteiger partial charge in [-0.05, 0) is 48.4 Å². The standard InChI is InChI=1S/C14H13ClFNO2S/c15-12-3-1-11(2-4-12)9-10-17-20(18,19)14-7-5-13(16)6-8-14/h1-8,17H,9-10H2. The third-order valence-corrected chi connectivity index (χ3v) is 4.47. The number of benzene rings is 2. The Morgan fingerprint density at radius 3 is 2.20 bits per heavy atom. The quantitative estimate of drug-likeness (QED) is 0.922. The summed E-state index contributed by atoms with van der Waals surface area (Å²) in [4.78, 5) is 0.0509. The van der Waals surface area contributed by atoms with Gasteiger partial charge in [-0.2, -0.15) is 0 Å². The Kier molecular flexibility index (Phi) is 4.75. The van der Waals surface area contributed by atoms with Crippen molar-refractivity contribution in [2.45, 2.75) is 11.3 Å². The molecule has 2 rings (SSSR count). The second-order valence-corrected chi connectivity index (χ2v) is 6.43. The van der Waals surface area contributed by atoms with Crippen LogP contribution in [0.2, 0.25) is 5.02 Å².